The first kappa shape index (κ1) is 24.4. The zero-order valence-electron chi connectivity index (χ0n) is 18.5. The fourth-order valence-electron chi connectivity index (χ4n) is 4.07. The number of ether oxygens (including phenoxy) is 1. The van der Waals surface area contributed by atoms with E-state index < -0.39 is 12.0 Å². The zero-order valence-corrected chi connectivity index (χ0v) is 20.0. The SMILES string of the molecule is CCOC(=O)C1=C(CN2CCN(C(C)=O)CC2)N(CC)C(=O)N[C@@H]1c1cccc(Cl)c1Cl. The number of carbonyl (C=O) groups is 3. The first-order chi connectivity index (χ1) is 15.3. The minimum atomic E-state index is -0.788. The van der Waals surface area contributed by atoms with Crippen LogP contribution in [0.4, 0.5) is 4.79 Å². The minimum absolute atomic E-state index is 0.0407. The molecule has 174 valence electrons. The highest BCUT2D eigenvalue weighted by molar-refractivity contribution is 6.42. The van der Waals surface area contributed by atoms with Gasteiger partial charge in [0.05, 0.1) is 28.3 Å². The molecule has 0 radical (unpaired) electrons. The van der Waals surface area contributed by atoms with E-state index in [-0.39, 0.29) is 23.6 Å². The van der Waals surface area contributed by atoms with Crippen LogP contribution in [0.15, 0.2) is 29.5 Å². The van der Waals surface area contributed by atoms with Crippen LogP contribution in [0, 0.1) is 0 Å². The van der Waals surface area contributed by atoms with Crippen molar-refractivity contribution in [3.05, 3.63) is 45.1 Å². The maximum Gasteiger partial charge on any atom is 0.338 e. The summed E-state index contributed by atoms with van der Waals surface area (Å²) < 4.78 is 5.38. The van der Waals surface area contributed by atoms with Crippen molar-refractivity contribution < 1.29 is 19.1 Å². The molecule has 0 spiro atoms. The topological polar surface area (TPSA) is 82.2 Å². The molecule has 0 unspecified atom stereocenters. The summed E-state index contributed by atoms with van der Waals surface area (Å²) in [6.07, 6.45) is 0. The molecule has 32 heavy (non-hydrogen) atoms. The summed E-state index contributed by atoms with van der Waals surface area (Å²) in [5.41, 5.74) is 1.45. The lowest BCUT2D eigenvalue weighted by Gasteiger charge is -2.40. The summed E-state index contributed by atoms with van der Waals surface area (Å²) in [5, 5.41) is 3.51. The molecule has 2 aliphatic rings. The summed E-state index contributed by atoms with van der Waals surface area (Å²) >= 11 is 12.7. The van der Waals surface area contributed by atoms with E-state index in [0.717, 1.165) is 0 Å². The Balaban J connectivity index is 2.04. The predicted molar refractivity (Wildman–Crippen MR) is 122 cm³/mol. The number of hydrogen-bond donors (Lipinski definition) is 1. The van der Waals surface area contributed by atoms with Crippen molar-refractivity contribution in [2.24, 2.45) is 0 Å². The van der Waals surface area contributed by atoms with Crippen molar-refractivity contribution in [3.8, 4) is 0 Å². The van der Waals surface area contributed by atoms with Gasteiger partial charge in [0, 0.05) is 51.9 Å². The van der Waals surface area contributed by atoms with Gasteiger partial charge in [-0.25, -0.2) is 9.59 Å². The fourth-order valence-corrected chi connectivity index (χ4v) is 4.48. The number of halogens is 2. The molecule has 2 aliphatic heterocycles. The third-order valence-electron chi connectivity index (χ3n) is 5.73. The quantitative estimate of drug-likeness (QED) is 0.630. The Bertz CT molecular complexity index is 929. The molecular formula is C22H28Cl2N4O4. The summed E-state index contributed by atoms with van der Waals surface area (Å²) in [6.45, 7) is 8.56. The molecule has 0 bridgehead atoms. The molecule has 0 saturated carbocycles. The maximum absolute atomic E-state index is 13.1. The van der Waals surface area contributed by atoms with E-state index in [1.807, 2.05) is 6.92 Å². The first-order valence-electron chi connectivity index (χ1n) is 10.7. The van der Waals surface area contributed by atoms with Gasteiger partial charge in [0.25, 0.3) is 0 Å². The monoisotopic (exact) mass is 482 g/mol. The van der Waals surface area contributed by atoms with Gasteiger partial charge in [-0.1, -0.05) is 35.3 Å². The smallest absolute Gasteiger partial charge is 0.338 e. The van der Waals surface area contributed by atoms with Gasteiger partial charge in [0.1, 0.15) is 0 Å². The first-order valence-corrected chi connectivity index (χ1v) is 11.4. The van der Waals surface area contributed by atoms with E-state index in [9.17, 15) is 14.4 Å². The normalized spacial score (nSPS) is 19.8. The molecule has 1 N–H and O–H groups in total. The molecule has 3 amide bonds. The number of carbonyl (C=O) groups excluding carboxylic acids is 3. The fraction of sp³-hybridized carbons (Fsp3) is 0.500. The van der Waals surface area contributed by atoms with Gasteiger partial charge in [0.15, 0.2) is 0 Å². The van der Waals surface area contributed by atoms with Gasteiger partial charge < -0.3 is 15.0 Å². The van der Waals surface area contributed by atoms with Crippen LogP contribution in [0.3, 0.4) is 0 Å². The van der Waals surface area contributed by atoms with Crippen molar-refractivity contribution in [2.45, 2.75) is 26.8 Å². The lowest BCUT2D eigenvalue weighted by atomic mass is 9.94. The molecule has 8 nitrogen and oxygen atoms in total. The molecule has 0 aliphatic carbocycles. The number of hydrogen-bond acceptors (Lipinski definition) is 5. The highest BCUT2D eigenvalue weighted by Gasteiger charge is 2.39. The molecule has 1 fully saturated rings. The van der Waals surface area contributed by atoms with Gasteiger partial charge in [-0.3, -0.25) is 14.6 Å². The summed E-state index contributed by atoms with van der Waals surface area (Å²) in [4.78, 5) is 43.3. The summed E-state index contributed by atoms with van der Waals surface area (Å²) in [6, 6.07) is 4.01. The number of nitrogens with zero attached hydrogens (tertiary/aromatic N) is 3. The van der Waals surface area contributed by atoms with Crippen LogP contribution in [0.2, 0.25) is 10.0 Å². The highest BCUT2D eigenvalue weighted by atomic mass is 35.5. The molecule has 1 saturated heterocycles. The number of nitrogens with one attached hydrogen (secondary N) is 1. The average Bonchev–Trinajstić information content (AvgIpc) is 2.76. The van der Waals surface area contributed by atoms with E-state index in [4.69, 9.17) is 27.9 Å². The standard InChI is InChI=1S/C22H28Cl2N4O4/c1-4-28-17(13-26-9-11-27(12-10-26)14(3)29)18(21(30)32-5-2)20(25-22(28)31)15-7-6-8-16(23)19(15)24/h6-8,20H,4-5,9-13H2,1-3H3,(H,25,31)/t20-/m1/s1. The molecule has 0 aromatic heterocycles. The lowest BCUT2D eigenvalue weighted by molar-refractivity contribution is -0.139. The third-order valence-corrected chi connectivity index (χ3v) is 6.57. The van der Waals surface area contributed by atoms with Crippen LogP contribution >= 0.6 is 23.2 Å². The van der Waals surface area contributed by atoms with Gasteiger partial charge >= 0.3 is 12.0 Å². The van der Waals surface area contributed by atoms with Gasteiger partial charge in [0.2, 0.25) is 5.91 Å². The van der Waals surface area contributed by atoms with Gasteiger partial charge in [-0.05, 0) is 25.5 Å². The van der Waals surface area contributed by atoms with E-state index in [0.29, 0.717) is 61.1 Å². The lowest BCUT2D eigenvalue weighted by Crippen LogP contribution is -2.53. The Morgan fingerprint density at radius 3 is 2.44 bits per heavy atom. The zero-order chi connectivity index (χ0) is 23.4. The molecule has 1 aromatic rings. The largest absolute Gasteiger partial charge is 0.463 e. The minimum Gasteiger partial charge on any atom is -0.463 e. The Morgan fingerprint density at radius 2 is 1.84 bits per heavy atom. The number of benzene rings is 1. The third kappa shape index (κ3) is 5.03. The predicted octanol–water partition coefficient (Wildman–Crippen LogP) is 3.06. The van der Waals surface area contributed by atoms with Crippen molar-refractivity contribution in [3.63, 3.8) is 0 Å². The second-order valence-corrected chi connectivity index (χ2v) is 8.42. The maximum atomic E-state index is 13.1. The van der Waals surface area contributed by atoms with Gasteiger partial charge in [-0.15, -0.1) is 0 Å². The average molecular weight is 483 g/mol. The van der Waals surface area contributed by atoms with Crippen molar-refractivity contribution in [2.75, 3.05) is 45.9 Å². The Kier molecular flexibility index (Phi) is 8.03. The number of likely N-dealkylation sites (N-methyl/N-ethyl adjacent to an activating group) is 1. The van der Waals surface area contributed by atoms with Gasteiger partial charge in [-0.2, -0.15) is 0 Å². The number of amides is 3. The summed E-state index contributed by atoms with van der Waals surface area (Å²) in [5.74, 6) is -0.469. The molecule has 2 heterocycles. The second-order valence-electron chi connectivity index (χ2n) is 7.63. The Hall–Kier alpha value is -2.29. The van der Waals surface area contributed by atoms with Crippen LogP contribution in [0.1, 0.15) is 32.4 Å². The number of urea groups is 1. The van der Waals surface area contributed by atoms with E-state index in [2.05, 4.69) is 10.2 Å². The number of esters is 1. The second kappa shape index (κ2) is 10.6. The van der Waals surface area contributed by atoms with Crippen molar-refractivity contribution in [1.82, 2.24) is 20.0 Å². The summed E-state index contributed by atoms with van der Waals surface area (Å²) in [7, 11) is 0. The van der Waals surface area contributed by atoms with Crippen molar-refractivity contribution >= 4 is 41.1 Å². The molecule has 10 heteroatoms. The highest BCUT2D eigenvalue weighted by Crippen LogP contribution is 2.37. The number of rotatable bonds is 6. The van der Waals surface area contributed by atoms with Crippen LogP contribution in [-0.4, -0.2) is 78.5 Å². The van der Waals surface area contributed by atoms with Crippen LogP contribution in [0.5, 0.6) is 0 Å². The number of piperazine rings is 1. The molecule has 1 aromatic carbocycles. The van der Waals surface area contributed by atoms with Crippen LogP contribution in [0.25, 0.3) is 0 Å². The van der Waals surface area contributed by atoms with E-state index >= 15 is 0 Å². The van der Waals surface area contributed by atoms with Crippen LogP contribution in [-0.2, 0) is 14.3 Å². The van der Waals surface area contributed by atoms with Crippen LogP contribution < -0.4 is 5.32 Å². The van der Waals surface area contributed by atoms with E-state index in [1.54, 1.807) is 41.8 Å². The van der Waals surface area contributed by atoms with Crippen molar-refractivity contribution in [1.29, 1.82) is 0 Å². The Morgan fingerprint density at radius 1 is 1.16 bits per heavy atom. The molecular weight excluding hydrogens is 455 g/mol. The van der Waals surface area contributed by atoms with E-state index in [1.165, 1.54) is 0 Å². The molecule has 1 atom stereocenters. The molecule has 3 rings (SSSR count). The Labute approximate surface area is 198 Å².